The van der Waals surface area contributed by atoms with E-state index in [1.54, 1.807) is 11.0 Å². The molecule has 0 radical (unpaired) electrons. The molecule has 1 N–H and O–H groups in total. The van der Waals surface area contributed by atoms with E-state index in [0.29, 0.717) is 5.02 Å². The zero-order valence-electron chi connectivity index (χ0n) is 9.02. The molecule has 0 aliphatic rings. The molecule has 0 amide bonds. The molecular weight excluding hydrogens is 224 g/mol. The summed E-state index contributed by atoms with van der Waals surface area (Å²) in [5, 5.41) is 8.14. The van der Waals surface area contributed by atoms with Gasteiger partial charge in [0.2, 0.25) is 0 Å². The predicted molar refractivity (Wildman–Crippen MR) is 65.1 cm³/mol. The monoisotopic (exact) mass is 236 g/mol. The molecule has 0 unspecified atom stereocenters. The van der Waals surface area contributed by atoms with Crippen LogP contribution in [-0.2, 0) is 0 Å². The number of hydrogen-bond acceptors (Lipinski definition) is 3. The van der Waals surface area contributed by atoms with Gasteiger partial charge in [-0.1, -0.05) is 18.5 Å². The van der Waals surface area contributed by atoms with Crippen LogP contribution in [0.2, 0.25) is 5.02 Å². The highest BCUT2D eigenvalue weighted by Crippen LogP contribution is 2.23. The summed E-state index contributed by atoms with van der Waals surface area (Å²) in [5.41, 5.74) is 1.93. The number of aromatic nitrogens is 3. The van der Waals surface area contributed by atoms with Gasteiger partial charge in [-0.15, -0.1) is 0 Å². The number of halogens is 1. The predicted octanol–water partition coefficient (Wildman–Crippen LogP) is 2.74. The lowest BCUT2D eigenvalue weighted by Gasteiger charge is -2.11. The van der Waals surface area contributed by atoms with Crippen molar-refractivity contribution in [3.63, 3.8) is 0 Å². The van der Waals surface area contributed by atoms with Crippen LogP contribution in [0.4, 0.5) is 5.69 Å². The third kappa shape index (κ3) is 2.33. The van der Waals surface area contributed by atoms with Crippen LogP contribution in [0.15, 0.2) is 30.9 Å². The van der Waals surface area contributed by atoms with Gasteiger partial charge in [-0.2, -0.15) is 5.10 Å². The highest BCUT2D eigenvalue weighted by molar-refractivity contribution is 6.31. The van der Waals surface area contributed by atoms with Crippen molar-refractivity contribution in [3.05, 3.63) is 35.9 Å². The van der Waals surface area contributed by atoms with E-state index in [2.05, 4.69) is 22.3 Å². The average Bonchev–Trinajstić information content (AvgIpc) is 2.80. The Morgan fingerprint density at radius 1 is 1.44 bits per heavy atom. The van der Waals surface area contributed by atoms with Gasteiger partial charge in [0.25, 0.3) is 0 Å². The molecular formula is C11H13ClN4. The highest BCUT2D eigenvalue weighted by Gasteiger charge is 2.05. The van der Waals surface area contributed by atoms with Crippen LogP contribution in [0, 0.1) is 0 Å². The second kappa shape index (κ2) is 4.99. The summed E-state index contributed by atoms with van der Waals surface area (Å²) in [5.74, 6) is 0. The van der Waals surface area contributed by atoms with Crippen molar-refractivity contribution < 1.29 is 0 Å². The van der Waals surface area contributed by atoms with Crippen LogP contribution in [0.5, 0.6) is 0 Å². The first kappa shape index (κ1) is 11.0. The maximum absolute atomic E-state index is 5.97. The highest BCUT2D eigenvalue weighted by atomic mass is 35.5. The van der Waals surface area contributed by atoms with Crippen LogP contribution in [0.1, 0.15) is 13.3 Å². The molecule has 0 fully saturated rings. The first-order valence-electron chi connectivity index (χ1n) is 5.19. The number of nitrogens with zero attached hydrogens (tertiary/aromatic N) is 3. The van der Waals surface area contributed by atoms with E-state index in [-0.39, 0.29) is 0 Å². The van der Waals surface area contributed by atoms with Crippen LogP contribution in [0.3, 0.4) is 0 Å². The lowest BCUT2D eigenvalue weighted by molar-refractivity contribution is 0.875. The van der Waals surface area contributed by atoms with Crippen molar-refractivity contribution in [1.29, 1.82) is 0 Å². The Balaban J connectivity index is 2.36. The summed E-state index contributed by atoms with van der Waals surface area (Å²) >= 11 is 5.97. The van der Waals surface area contributed by atoms with Gasteiger partial charge in [0, 0.05) is 11.6 Å². The smallest absolute Gasteiger partial charge is 0.138 e. The number of nitrogens with one attached hydrogen (secondary N) is 1. The molecule has 1 aromatic heterocycles. The molecule has 1 heterocycles. The fourth-order valence-electron chi connectivity index (χ4n) is 1.44. The Bertz CT molecular complexity index is 453. The minimum atomic E-state index is 0.711. The topological polar surface area (TPSA) is 42.7 Å². The lowest BCUT2D eigenvalue weighted by atomic mass is 10.2. The molecule has 0 aliphatic carbocycles. The first-order valence-corrected chi connectivity index (χ1v) is 5.57. The molecule has 16 heavy (non-hydrogen) atoms. The molecule has 4 nitrogen and oxygen atoms in total. The molecule has 0 bridgehead atoms. The fourth-order valence-corrected chi connectivity index (χ4v) is 1.61. The molecule has 0 spiro atoms. The Morgan fingerprint density at radius 2 is 2.31 bits per heavy atom. The van der Waals surface area contributed by atoms with E-state index >= 15 is 0 Å². The van der Waals surface area contributed by atoms with E-state index in [1.165, 1.54) is 6.33 Å². The number of benzene rings is 1. The SMILES string of the molecule is CCCNc1cc(Cl)ccc1-n1cncn1. The quantitative estimate of drug-likeness (QED) is 0.888. The van der Waals surface area contributed by atoms with E-state index in [9.17, 15) is 0 Å². The summed E-state index contributed by atoms with van der Waals surface area (Å²) in [6.45, 7) is 3.02. The largest absolute Gasteiger partial charge is 0.383 e. The zero-order chi connectivity index (χ0) is 11.4. The number of hydrogen-bond donors (Lipinski definition) is 1. The van der Waals surface area contributed by atoms with Crippen LogP contribution < -0.4 is 5.32 Å². The molecule has 1 aromatic carbocycles. The zero-order valence-corrected chi connectivity index (χ0v) is 9.78. The van der Waals surface area contributed by atoms with Crippen LogP contribution in [-0.4, -0.2) is 21.3 Å². The molecule has 2 rings (SSSR count). The summed E-state index contributed by atoms with van der Waals surface area (Å²) in [4.78, 5) is 3.93. The second-order valence-corrected chi connectivity index (χ2v) is 3.86. The van der Waals surface area contributed by atoms with E-state index in [4.69, 9.17) is 11.6 Å². The van der Waals surface area contributed by atoms with Gasteiger partial charge >= 0.3 is 0 Å². The third-order valence-electron chi connectivity index (χ3n) is 2.19. The second-order valence-electron chi connectivity index (χ2n) is 3.43. The summed E-state index contributed by atoms with van der Waals surface area (Å²) < 4.78 is 1.72. The number of rotatable bonds is 4. The molecule has 0 saturated heterocycles. The Labute approximate surface area is 99.3 Å². The van der Waals surface area contributed by atoms with Gasteiger partial charge in [0.1, 0.15) is 12.7 Å². The van der Waals surface area contributed by atoms with Gasteiger partial charge < -0.3 is 5.32 Å². The van der Waals surface area contributed by atoms with E-state index in [1.807, 2.05) is 18.2 Å². The molecule has 0 aliphatic heterocycles. The number of anilines is 1. The summed E-state index contributed by atoms with van der Waals surface area (Å²) in [6.07, 6.45) is 4.24. The minimum absolute atomic E-state index is 0.711. The Kier molecular flexibility index (Phi) is 3.41. The van der Waals surface area contributed by atoms with Gasteiger partial charge in [-0.3, -0.25) is 0 Å². The Morgan fingerprint density at radius 3 is 3.00 bits per heavy atom. The van der Waals surface area contributed by atoms with Crippen molar-refractivity contribution >= 4 is 17.3 Å². The molecule has 0 saturated carbocycles. The van der Waals surface area contributed by atoms with Crippen molar-refractivity contribution in [2.45, 2.75) is 13.3 Å². The van der Waals surface area contributed by atoms with Crippen molar-refractivity contribution in [1.82, 2.24) is 14.8 Å². The van der Waals surface area contributed by atoms with Crippen LogP contribution in [0.25, 0.3) is 5.69 Å². The molecule has 2 aromatic rings. The van der Waals surface area contributed by atoms with E-state index < -0.39 is 0 Å². The molecule has 5 heteroatoms. The molecule has 0 atom stereocenters. The molecule has 84 valence electrons. The summed E-state index contributed by atoms with van der Waals surface area (Å²) in [7, 11) is 0. The van der Waals surface area contributed by atoms with Crippen molar-refractivity contribution in [2.75, 3.05) is 11.9 Å². The van der Waals surface area contributed by atoms with Crippen LogP contribution >= 0.6 is 11.6 Å². The van der Waals surface area contributed by atoms with Gasteiger partial charge in [0.15, 0.2) is 0 Å². The van der Waals surface area contributed by atoms with Crippen molar-refractivity contribution in [3.8, 4) is 5.69 Å². The lowest BCUT2D eigenvalue weighted by Crippen LogP contribution is -2.05. The first-order chi connectivity index (χ1) is 7.81. The van der Waals surface area contributed by atoms with Gasteiger partial charge in [-0.05, 0) is 24.6 Å². The van der Waals surface area contributed by atoms with E-state index in [0.717, 1.165) is 24.3 Å². The maximum Gasteiger partial charge on any atom is 0.138 e. The minimum Gasteiger partial charge on any atom is -0.383 e. The third-order valence-corrected chi connectivity index (χ3v) is 2.42. The Hall–Kier alpha value is -1.55. The normalized spacial score (nSPS) is 10.4. The fraction of sp³-hybridized carbons (Fsp3) is 0.273. The van der Waals surface area contributed by atoms with Gasteiger partial charge in [-0.25, -0.2) is 9.67 Å². The maximum atomic E-state index is 5.97. The summed E-state index contributed by atoms with van der Waals surface area (Å²) in [6, 6.07) is 5.67. The van der Waals surface area contributed by atoms with Crippen molar-refractivity contribution in [2.24, 2.45) is 0 Å². The van der Waals surface area contributed by atoms with Gasteiger partial charge in [0.05, 0.1) is 11.4 Å². The average molecular weight is 237 g/mol. The standard InChI is InChI=1S/C11H13ClN4/c1-2-5-14-10-6-9(12)3-4-11(10)16-8-13-7-15-16/h3-4,6-8,14H,2,5H2,1H3.